The minimum Gasteiger partial charge on any atom is -0.396 e. The molecule has 0 saturated carbocycles. The summed E-state index contributed by atoms with van der Waals surface area (Å²) in [5.74, 6) is 6.21. The van der Waals surface area contributed by atoms with E-state index in [2.05, 4.69) is 6.07 Å². The topological polar surface area (TPSA) is 49.5 Å². The third kappa shape index (κ3) is 1.41. The SMILES string of the molecule is NN1CC(CCO)c2ccccc21. The van der Waals surface area contributed by atoms with E-state index >= 15 is 0 Å². The van der Waals surface area contributed by atoms with Gasteiger partial charge in [0, 0.05) is 19.1 Å². The molecule has 0 aliphatic carbocycles. The van der Waals surface area contributed by atoms with Crippen LogP contribution in [0.3, 0.4) is 0 Å². The molecule has 0 bridgehead atoms. The highest BCUT2D eigenvalue weighted by Gasteiger charge is 2.25. The van der Waals surface area contributed by atoms with Gasteiger partial charge >= 0.3 is 0 Å². The van der Waals surface area contributed by atoms with Crippen LogP contribution in [0.15, 0.2) is 24.3 Å². The third-order valence-corrected chi connectivity index (χ3v) is 2.58. The number of aliphatic hydroxyl groups excluding tert-OH is 1. The first-order valence-corrected chi connectivity index (χ1v) is 4.55. The van der Waals surface area contributed by atoms with Gasteiger partial charge in [-0.25, -0.2) is 5.84 Å². The van der Waals surface area contributed by atoms with E-state index in [-0.39, 0.29) is 6.61 Å². The van der Waals surface area contributed by atoms with Crippen LogP contribution in [0.4, 0.5) is 5.69 Å². The summed E-state index contributed by atoms with van der Waals surface area (Å²) in [5.41, 5.74) is 2.36. The number of nitrogens with zero attached hydrogens (tertiary/aromatic N) is 1. The van der Waals surface area contributed by atoms with E-state index in [0.29, 0.717) is 5.92 Å². The Bertz CT molecular complexity index is 301. The molecule has 1 heterocycles. The molecule has 3 heteroatoms. The lowest BCUT2D eigenvalue weighted by atomic mass is 9.99. The molecular weight excluding hydrogens is 164 g/mol. The Labute approximate surface area is 77.7 Å². The van der Waals surface area contributed by atoms with Crippen LogP contribution in [-0.4, -0.2) is 18.3 Å². The summed E-state index contributed by atoms with van der Waals surface area (Å²) in [7, 11) is 0. The lowest BCUT2D eigenvalue weighted by molar-refractivity contribution is 0.277. The van der Waals surface area contributed by atoms with Crippen LogP contribution in [0.25, 0.3) is 0 Å². The summed E-state index contributed by atoms with van der Waals surface area (Å²) in [6, 6.07) is 8.11. The Morgan fingerprint density at radius 2 is 2.23 bits per heavy atom. The maximum Gasteiger partial charge on any atom is 0.0552 e. The van der Waals surface area contributed by atoms with E-state index in [4.69, 9.17) is 10.9 Å². The van der Waals surface area contributed by atoms with Gasteiger partial charge in [0.05, 0.1) is 5.69 Å². The van der Waals surface area contributed by atoms with Gasteiger partial charge in [0.15, 0.2) is 0 Å². The Morgan fingerprint density at radius 1 is 1.46 bits per heavy atom. The van der Waals surface area contributed by atoms with Crippen LogP contribution in [-0.2, 0) is 0 Å². The fourth-order valence-corrected chi connectivity index (χ4v) is 1.93. The predicted molar refractivity (Wildman–Crippen MR) is 52.4 cm³/mol. The molecule has 1 atom stereocenters. The van der Waals surface area contributed by atoms with Crippen LogP contribution in [0.2, 0.25) is 0 Å². The Balaban J connectivity index is 2.30. The van der Waals surface area contributed by atoms with Crippen molar-refractivity contribution < 1.29 is 5.11 Å². The average Bonchev–Trinajstić information content (AvgIpc) is 2.46. The van der Waals surface area contributed by atoms with Crippen molar-refractivity contribution in [1.29, 1.82) is 0 Å². The van der Waals surface area contributed by atoms with E-state index in [0.717, 1.165) is 18.7 Å². The van der Waals surface area contributed by atoms with Crippen LogP contribution >= 0.6 is 0 Å². The number of para-hydroxylation sites is 1. The molecule has 70 valence electrons. The molecule has 1 aromatic rings. The monoisotopic (exact) mass is 178 g/mol. The molecular formula is C10H14N2O. The van der Waals surface area contributed by atoms with Gasteiger partial charge < -0.3 is 10.1 Å². The van der Waals surface area contributed by atoms with Gasteiger partial charge in [0.1, 0.15) is 0 Å². The second-order valence-electron chi connectivity index (χ2n) is 3.42. The van der Waals surface area contributed by atoms with Gasteiger partial charge in [-0.15, -0.1) is 0 Å². The summed E-state index contributed by atoms with van der Waals surface area (Å²) in [5, 5.41) is 10.6. The lowest BCUT2D eigenvalue weighted by Crippen LogP contribution is -2.29. The van der Waals surface area contributed by atoms with Gasteiger partial charge in [-0.2, -0.15) is 0 Å². The highest BCUT2D eigenvalue weighted by atomic mass is 16.3. The molecule has 0 aromatic heterocycles. The van der Waals surface area contributed by atoms with Crippen molar-refractivity contribution in [2.24, 2.45) is 5.84 Å². The second-order valence-corrected chi connectivity index (χ2v) is 3.42. The summed E-state index contributed by atoms with van der Waals surface area (Å²) in [6.45, 7) is 1.05. The molecule has 1 aliphatic heterocycles. The van der Waals surface area contributed by atoms with Crippen molar-refractivity contribution >= 4 is 5.69 Å². The molecule has 0 radical (unpaired) electrons. The zero-order valence-electron chi connectivity index (χ0n) is 7.48. The van der Waals surface area contributed by atoms with E-state index in [1.54, 1.807) is 5.01 Å². The number of rotatable bonds is 2. The number of nitrogens with two attached hydrogens (primary N) is 1. The number of fused-ring (bicyclic) bond motifs is 1. The Hall–Kier alpha value is -1.06. The van der Waals surface area contributed by atoms with Crippen molar-refractivity contribution in [2.45, 2.75) is 12.3 Å². The molecule has 3 N–H and O–H groups in total. The first-order valence-electron chi connectivity index (χ1n) is 4.55. The van der Waals surface area contributed by atoms with Gasteiger partial charge in [-0.05, 0) is 18.1 Å². The standard InChI is InChI=1S/C10H14N2O/c11-12-7-8(5-6-13)9-3-1-2-4-10(9)12/h1-4,8,13H,5-7,11H2. The van der Waals surface area contributed by atoms with Gasteiger partial charge in [-0.3, -0.25) is 0 Å². The van der Waals surface area contributed by atoms with E-state index in [1.807, 2.05) is 18.2 Å². The third-order valence-electron chi connectivity index (χ3n) is 2.58. The van der Waals surface area contributed by atoms with Crippen LogP contribution in [0.5, 0.6) is 0 Å². The number of aliphatic hydroxyl groups is 1. The van der Waals surface area contributed by atoms with E-state index in [1.165, 1.54) is 5.56 Å². The molecule has 1 unspecified atom stereocenters. The van der Waals surface area contributed by atoms with Gasteiger partial charge in [0.2, 0.25) is 0 Å². The fourth-order valence-electron chi connectivity index (χ4n) is 1.93. The highest BCUT2D eigenvalue weighted by Crippen LogP contribution is 2.35. The molecule has 13 heavy (non-hydrogen) atoms. The zero-order valence-corrected chi connectivity index (χ0v) is 7.48. The first kappa shape index (κ1) is 8.53. The van der Waals surface area contributed by atoms with Crippen LogP contribution in [0, 0.1) is 0 Å². The molecule has 2 rings (SSSR count). The summed E-state index contributed by atoms with van der Waals surface area (Å²) < 4.78 is 0. The first-order chi connectivity index (χ1) is 6.33. The number of hydrogen-bond donors (Lipinski definition) is 2. The predicted octanol–water partition coefficient (Wildman–Crippen LogP) is 0.846. The van der Waals surface area contributed by atoms with Crippen molar-refractivity contribution in [1.82, 2.24) is 0 Å². The van der Waals surface area contributed by atoms with E-state index < -0.39 is 0 Å². The number of anilines is 1. The van der Waals surface area contributed by atoms with Crippen molar-refractivity contribution in [3.8, 4) is 0 Å². The van der Waals surface area contributed by atoms with Crippen molar-refractivity contribution in [3.63, 3.8) is 0 Å². The van der Waals surface area contributed by atoms with Crippen molar-refractivity contribution in [2.75, 3.05) is 18.2 Å². The van der Waals surface area contributed by atoms with E-state index in [9.17, 15) is 0 Å². The molecule has 1 aromatic carbocycles. The molecule has 0 amide bonds. The van der Waals surface area contributed by atoms with Crippen molar-refractivity contribution in [3.05, 3.63) is 29.8 Å². The summed E-state index contributed by atoms with van der Waals surface area (Å²) >= 11 is 0. The zero-order chi connectivity index (χ0) is 9.26. The number of hydrogen-bond acceptors (Lipinski definition) is 3. The fraction of sp³-hybridized carbons (Fsp3) is 0.400. The average molecular weight is 178 g/mol. The van der Waals surface area contributed by atoms with Crippen LogP contribution in [0.1, 0.15) is 17.9 Å². The smallest absolute Gasteiger partial charge is 0.0552 e. The van der Waals surface area contributed by atoms with Gasteiger partial charge in [0.25, 0.3) is 0 Å². The minimum atomic E-state index is 0.229. The maximum absolute atomic E-state index is 8.88. The second kappa shape index (κ2) is 3.36. The Morgan fingerprint density at radius 3 is 3.00 bits per heavy atom. The maximum atomic E-state index is 8.88. The lowest BCUT2D eigenvalue weighted by Gasteiger charge is -2.11. The summed E-state index contributed by atoms with van der Waals surface area (Å²) in [6.07, 6.45) is 0.796. The minimum absolute atomic E-state index is 0.229. The number of benzene rings is 1. The normalized spacial score (nSPS) is 20.5. The largest absolute Gasteiger partial charge is 0.396 e. The molecule has 0 fully saturated rings. The Kier molecular flexibility index (Phi) is 2.20. The molecule has 0 spiro atoms. The van der Waals surface area contributed by atoms with Crippen LogP contribution < -0.4 is 10.9 Å². The molecule has 0 saturated heterocycles. The molecule has 3 nitrogen and oxygen atoms in total. The highest BCUT2D eigenvalue weighted by molar-refractivity contribution is 5.58. The summed E-state index contributed by atoms with van der Waals surface area (Å²) in [4.78, 5) is 0. The number of hydrazine groups is 1. The quantitative estimate of drug-likeness (QED) is 0.660. The van der Waals surface area contributed by atoms with Gasteiger partial charge in [-0.1, -0.05) is 18.2 Å². The molecule has 1 aliphatic rings.